The van der Waals surface area contributed by atoms with Crippen LogP contribution < -0.4 is 5.32 Å². The van der Waals surface area contributed by atoms with Gasteiger partial charge < -0.3 is 5.32 Å². The van der Waals surface area contributed by atoms with Crippen molar-refractivity contribution in [3.63, 3.8) is 0 Å². The normalized spacial score (nSPS) is 10.5. The zero-order valence-corrected chi connectivity index (χ0v) is 18.0. The lowest BCUT2D eigenvalue weighted by molar-refractivity contribution is -0.113. The van der Waals surface area contributed by atoms with Gasteiger partial charge in [-0.05, 0) is 35.9 Å². The number of carbonyl (C=O) groups excluding carboxylic acids is 2. The largest absolute Gasteiger partial charge is 0.325 e. The van der Waals surface area contributed by atoms with Gasteiger partial charge in [0.15, 0.2) is 5.78 Å². The summed E-state index contributed by atoms with van der Waals surface area (Å²) >= 11 is 11.1. The van der Waals surface area contributed by atoms with Gasteiger partial charge in [0, 0.05) is 21.4 Å². The summed E-state index contributed by atoms with van der Waals surface area (Å²) in [6, 6.07) is 22.0. The monoisotopic (exact) mass is 473 g/mol. The summed E-state index contributed by atoms with van der Waals surface area (Å²) in [5, 5.41) is 3.23. The Hall–Kier alpha value is -2.08. The molecule has 28 heavy (non-hydrogen) atoms. The van der Waals surface area contributed by atoms with Crippen LogP contribution in [0.15, 0.2) is 77.3 Å². The first-order valence-corrected chi connectivity index (χ1v) is 10.9. The predicted molar refractivity (Wildman–Crippen MR) is 120 cm³/mol. The van der Waals surface area contributed by atoms with Crippen LogP contribution in [0.25, 0.3) is 0 Å². The van der Waals surface area contributed by atoms with Crippen LogP contribution in [0.3, 0.4) is 0 Å². The Morgan fingerprint density at radius 2 is 1.64 bits per heavy atom. The second-order valence-corrected chi connectivity index (χ2v) is 8.33. The summed E-state index contributed by atoms with van der Waals surface area (Å²) in [6.45, 7) is 0. The van der Waals surface area contributed by atoms with Crippen LogP contribution in [-0.4, -0.2) is 17.4 Å². The fraction of sp³-hybridized carbons (Fsp3) is 0.0909. The zero-order chi connectivity index (χ0) is 19.9. The van der Waals surface area contributed by atoms with E-state index in [0.717, 1.165) is 10.2 Å². The SMILES string of the molecule is O=C(CSCc1ccccc1)Nc1ccc(Br)cc1C(=O)c1ccccc1Cl. The molecular weight excluding hydrogens is 458 g/mol. The fourth-order valence-electron chi connectivity index (χ4n) is 2.63. The van der Waals surface area contributed by atoms with Gasteiger partial charge >= 0.3 is 0 Å². The third-order valence-electron chi connectivity index (χ3n) is 3.96. The number of amides is 1. The molecule has 0 heterocycles. The molecule has 0 radical (unpaired) electrons. The van der Waals surface area contributed by atoms with Gasteiger partial charge in [-0.3, -0.25) is 9.59 Å². The molecule has 3 nitrogen and oxygen atoms in total. The summed E-state index contributed by atoms with van der Waals surface area (Å²) in [6.07, 6.45) is 0. The van der Waals surface area contributed by atoms with Gasteiger partial charge in [0.2, 0.25) is 5.91 Å². The van der Waals surface area contributed by atoms with E-state index in [-0.39, 0.29) is 11.7 Å². The van der Waals surface area contributed by atoms with Crippen LogP contribution in [0.2, 0.25) is 5.02 Å². The Labute approximate surface area is 181 Å². The van der Waals surface area contributed by atoms with E-state index in [1.165, 1.54) is 17.3 Å². The average molecular weight is 475 g/mol. The molecule has 3 aromatic rings. The number of halogens is 2. The van der Waals surface area contributed by atoms with Gasteiger partial charge in [0.1, 0.15) is 0 Å². The molecule has 0 spiro atoms. The Bertz CT molecular complexity index is 995. The second kappa shape index (κ2) is 9.92. The van der Waals surface area contributed by atoms with E-state index < -0.39 is 0 Å². The first-order chi connectivity index (χ1) is 13.5. The van der Waals surface area contributed by atoms with E-state index in [1.807, 2.05) is 30.3 Å². The van der Waals surface area contributed by atoms with Crippen molar-refractivity contribution in [1.29, 1.82) is 0 Å². The van der Waals surface area contributed by atoms with Crippen molar-refractivity contribution in [2.75, 3.05) is 11.1 Å². The minimum Gasteiger partial charge on any atom is -0.325 e. The molecule has 1 amide bonds. The van der Waals surface area contributed by atoms with Crippen molar-refractivity contribution >= 4 is 56.7 Å². The van der Waals surface area contributed by atoms with Gasteiger partial charge in [-0.25, -0.2) is 0 Å². The molecule has 0 fully saturated rings. The van der Waals surface area contributed by atoms with Crippen LogP contribution in [0.1, 0.15) is 21.5 Å². The molecule has 0 aliphatic heterocycles. The third kappa shape index (κ3) is 5.47. The smallest absolute Gasteiger partial charge is 0.234 e. The number of nitrogens with one attached hydrogen (secondary N) is 1. The first kappa shape index (κ1) is 20.6. The number of hydrogen-bond donors (Lipinski definition) is 1. The molecule has 0 saturated carbocycles. The van der Waals surface area contributed by atoms with Gasteiger partial charge in [-0.15, -0.1) is 11.8 Å². The lowest BCUT2D eigenvalue weighted by Gasteiger charge is -2.12. The van der Waals surface area contributed by atoms with Gasteiger partial charge in [-0.1, -0.05) is 70.0 Å². The van der Waals surface area contributed by atoms with Gasteiger partial charge in [0.25, 0.3) is 0 Å². The number of benzene rings is 3. The number of carbonyl (C=O) groups is 2. The van der Waals surface area contributed by atoms with Crippen LogP contribution >= 0.6 is 39.3 Å². The second-order valence-electron chi connectivity index (χ2n) is 6.03. The Morgan fingerprint density at radius 1 is 0.929 bits per heavy atom. The summed E-state index contributed by atoms with van der Waals surface area (Å²) < 4.78 is 0.749. The first-order valence-electron chi connectivity index (χ1n) is 8.55. The number of anilines is 1. The van der Waals surface area contributed by atoms with Gasteiger partial charge in [0.05, 0.1) is 16.5 Å². The number of ketones is 1. The molecule has 3 rings (SSSR count). The quantitative estimate of drug-likeness (QED) is 0.414. The summed E-state index contributed by atoms with van der Waals surface area (Å²) in [4.78, 5) is 25.3. The lowest BCUT2D eigenvalue weighted by Crippen LogP contribution is -2.17. The molecule has 0 unspecified atom stereocenters. The molecule has 0 saturated heterocycles. The minimum absolute atomic E-state index is 0.156. The molecule has 0 aliphatic carbocycles. The van der Waals surface area contributed by atoms with E-state index in [4.69, 9.17) is 11.6 Å². The van der Waals surface area contributed by atoms with Crippen LogP contribution in [0.5, 0.6) is 0 Å². The minimum atomic E-state index is -0.237. The maximum absolute atomic E-state index is 13.0. The molecule has 142 valence electrons. The topological polar surface area (TPSA) is 46.2 Å². The molecule has 0 aromatic heterocycles. The summed E-state index contributed by atoms with van der Waals surface area (Å²) in [5.74, 6) is 0.653. The molecule has 6 heteroatoms. The molecule has 0 bridgehead atoms. The van der Waals surface area contributed by atoms with E-state index in [1.54, 1.807) is 42.5 Å². The highest BCUT2D eigenvalue weighted by Gasteiger charge is 2.18. The van der Waals surface area contributed by atoms with Crippen molar-refractivity contribution in [1.82, 2.24) is 0 Å². The number of thioether (sulfide) groups is 1. The van der Waals surface area contributed by atoms with Crippen LogP contribution in [0, 0.1) is 0 Å². The van der Waals surface area contributed by atoms with Gasteiger partial charge in [-0.2, -0.15) is 0 Å². The van der Waals surface area contributed by atoms with Crippen molar-refractivity contribution in [2.24, 2.45) is 0 Å². The van der Waals surface area contributed by atoms with Crippen molar-refractivity contribution in [3.05, 3.63) is 99.0 Å². The van der Waals surface area contributed by atoms with Crippen LogP contribution in [0.4, 0.5) is 5.69 Å². The summed E-state index contributed by atoms with van der Waals surface area (Å²) in [7, 11) is 0. The Balaban J connectivity index is 1.71. The van der Waals surface area contributed by atoms with E-state index >= 15 is 0 Å². The Morgan fingerprint density at radius 3 is 2.39 bits per heavy atom. The molecular formula is C22H17BrClNO2S. The highest BCUT2D eigenvalue weighted by Crippen LogP contribution is 2.27. The lowest BCUT2D eigenvalue weighted by atomic mass is 10.0. The Kier molecular flexibility index (Phi) is 7.31. The molecule has 3 aromatic carbocycles. The van der Waals surface area contributed by atoms with E-state index in [2.05, 4.69) is 21.2 Å². The number of hydrogen-bond acceptors (Lipinski definition) is 3. The average Bonchev–Trinajstić information content (AvgIpc) is 2.70. The zero-order valence-electron chi connectivity index (χ0n) is 14.8. The highest BCUT2D eigenvalue weighted by molar-refractivity contribution is 9.10. The molecule has 0 aliphatic rings. The maximum atomic E-state index is 13.0. The highest BCUT2D eigenvalue weighted by atomic mass is 79.9. The van der Waals surface area contributed by atoms with Crippen molar-refractivity contribution in [3.8, 4) is 0 Å². The number of rotatable bonds is 7. The maximum Gasteiger partial charge on any atom is 0.234 e. The van der Waals surface area contributed by atoms with Crippen molar-refractivity contribution < 1.29 is 9.59 Å². The summed E-state index contributed by atoms with van der Waals surface area (Å²) in [5.41, 5.74) is 2.43. The standard InChI is InChI=1S/C22H17BrClNO2S/c23-16-10-11-20(18(12-16)22(27)17-8-4-5-9-19(17)24)25-21(26)14-28-13-15-6-2-1-3-7-15/h1-12H,13-14H2,(H,25,26). The van der Waals surface area contributed by atoms with Crippen LogP contribution in [-0.2, 0) is 10.5 Å². The van der Waals surface area contributed by atoms with E-state index in [9.17, 15) is 9.59 Å². The fourth-order valence-corrected chi connectivity index (χ4v) is 4.00. The third-order valence-corrected chi connectivity index (χ3v) is 5.79. The van der Waals surface area contributed by atoms with Crippen molar-refractivity contribution in [2.45, 2.75) is 5.75 Å². The molecule has 0 atom stereocenters. The predicted octanol–water partition coefficient (Wildman–Crippen LogP) is 6.21. The molecule has 1 N–H and O–H groups in total. The van der Waals surface area contributed by atoms with E-state index in [0.29, 0.717) is 27.6 Å².